The maximum absolute atomic E-state index is 13.7. The van der Waals surface area contributed by atoms with Crippen LogP contribution < -0.4 is 15.0 Å². The van der Waals surface area contributed by atoms with E-state index in [1.165, 1.54) is 6.07 Å². The van der Waals surface area contributed by atoms with Crippen molar-refractivity contribution in [2.24, 2.45) is 0 Å². The van der Waals surface area contributed by atoms with Gasteiger partial charge < -0.3 is 19.9 Å². The average molecular weight is 556 g/mol. The number of carbonyl (C=O) groups is 1. The van der Waals surface area contributed by atoms with E-state index in [1.807, 2.05) is 67.5 Å². The van der Waals surface area contributed by atoms with Crippen LogP contribution in [0.25, 0.3) is 10.9 Å². The second kappa shape index (κ2) is 13.1. The minimum atomic E-state index is -0.444. The summed E-state index contributed by atoms with van der Waals surface area (Å²) in [6, 6.07) is 20.7. The number of hydrogen-bond donors (Lipinski definition) is 1. The molecule has 1 aromatic heterocycles. The average Bonchev–Trinajstić information content (AvgIpc) is 2.96. The Morgan fingerprint density at radius 1 is 1.10 bits per heavy atom. The predicted molar refractivity (Wildman–Crippen MR) is 164 cm³/mol. The van der Waals surface area contributed by atoms with Crippen LogP contribution in [0.3, 0.4) is 0 Å². The Kier molecular flexibility index (Phi) is 9.39. The molecule has 4 rings (SSSR count). The Morgan fingerprint density at radius 2 is 1.85 bits per heavy atom. The monoisotopic (exact) mass is 555 g/mol. The number of nitro groups is 1. The first-order valence-corrected chi connectivity index (χ1v) is 13.7. The summed E-state index contributed by atoms with van der Waals surface area (Å²) in [7, 11) is 5.61. The lowest BCUT2D eigenvalue weighted by Crippen LogP contribution is -2.32. The van der Waals surface area contributed by atoms with Gasteiger partial charge in [0.25, 0.3) is 11.6 Å². The number of fused-ring (bicyclic) bond motifs is 1. The molecule has 1 unspecified atom stereocenters. The summed E-state index contributed by atoms with van der Waals surface area (Å²) < 4.78 is 5.48. The number of carbonyl (C=O) groups excluding carboxylic acids is 1. The zero-order valence-electron chi connectivity index (χ0n) is 24.3. The zero-order valence-corrected chi connectivity index (χ0v) is 24.3. The van der Waals surface area contributed by atoms with E-state index in [1.54, 1.807) is 37.3 Å². The normalized spacial score (nSPS) is 11.6. The molecule has 0 aliphatic carbocycles. The highest BCUT2D eigenvalue weighted by Crippen LogP contribution is 2.29. The Morgan fingerprint density at radius 3 is 2.54 bits per heavy atom. The predicted octanol–water partition coefficient (Wildman–Crippen LogP) is 6.45. The van der Waals surface area contributed by atoms with E-state index in [-0.39, 0.29) is 17.6 Å². The summed E-state index contributed by atoms with van der Waals surface area (Å²) in [6.45, 7) is 4.68. The number of nitro benzene ring substituents is 1. The van der Waals surface area contributed by atoms with E-state index in [2.05, 4.69) is 17.2 Å². The lowest BCUT2D eigenvalue weighted by atomic mass is 10.1. The van der Waals surface area contributed by atoms with Crippen LogP contribution in [0.4, 0.5) is 17.1 Å². The second-order valence-electron chi connectivity index (χ2n) is 10.5. The van der Waals surface area contributed by atoms with Crippen LogP contribution in [0, 0.1) is 17.0 Å². The van der Waals surface area contributed by atoms with E-state index < -0.39 is 4.92 Å². The molecule has 3 aromatic carbocycles. The van der Waals surface area contributed by atoms with Crippen LogP contribution in [0.5, 0.6) is 5.75 Å². The Labute approximate surface area is 240 Å². The van der Waals surface area contributed by atoms with Gasteiger partial charge in [0.15, 0.2) is 0 Å². The number of benzene rings is 3. The van der Waals surface area contributed by atoms with Crippen molar-refractivity contribution in [2.45, 2.75) is 39.3 Å². The quantitative estimate of drug-likeness (QED) is 0.158. The smallest absolute Gasteiger partial charge is 0.273 e. The van der Waals surface area contributed by atoms with Gasteiger partial charge in [-0.05, 0) is 62.6 Å². The summed E-state index contributed by atoms with van der Waals surface area (Å²) in [5, 5.41) is 16.1. The number of methoxy groups -OCH3 is 1. The van der Waals surface area contributed by atoms with Crippen molar-refractivity contribution in [3.8, 4) is 5.75 Å². The molecule has 41 heavy (non-hydrogen) atoms. The molecular formula is C32H37N5O4. The van der Waals surface area contributed by atoms with Crippen LogP contribution in [-0.2, 0) is 6.54 Å². The Hall–Kier alpha value is -4.66. The van der Waals surface area contributed by atoms with Gasteiger partial charge in [0.05, 0.1) is 23.2 Å². The van der Waals surface area contributed by atoms with Crippen molar-refractivity contribution in [1.29, 1.82) is 0 Å². The molecule has 4 aromatic rings. The number of nitrogens with zero attached hydrogens (tertiary/aromatic N) is 4. The van der Waals surface area contributed by atoms with Gasteiger partial charge >= 0.3 is 0 Å². The zero-order chi connectivity index (χ0) is 29.5. The van der Waals surface area contributed by atoms with Crippen LogP contribution in [-0.4, -0.2) is 54.5 Å². The summed E-state index contributed by atoms with van der Waals surface area (Å²) >= 11 is 0. The topological polar surface area (TPSA) is 101 Å². The van der Waals surface area contributed by atoms with Gasteiger partial charge in [0.2, 0.25) is 0 Å². The fraction of sp³-hybridized carbons (Fsp3) is 0.312. The second-order valence-corrected chi connectivity index (χ2v) is 10.5. The van der Waals surface area contributed by atoms with Crippen LogP contribution in [0.15, 0.2) is 72.9 Å². The third-order valence-electron chi connectivity index (χ3n) is 7.15. The fourth-order valence-electron chi connectivity index (χ4n) is 4.81. The van der Waals surface area contributed by atoms with Crippen molar-refractivity contribution < 1.29 is 14.5 Å². The first-order chi connectivity index (χ1) is 19.7. The van der Waals surface area contributed by atoms with Crippen molar-refractivity contribution in [3.63, 3.8) is 0 Å². The van der Waals surface area contributed by atoms with E-state index >= 15 is 0 Å². The van der Waals surface area contributed by atoms with E-state index in [4.69, 9.17) is 4.74 Å². The maximum Gasteiger partial charge on any atom is 0.273 e. The molecular weight excluding hydrogens is 518 g/mol. The Bertz CT molecular complexity index is 1520. The number of aryl methyl sites for hydroxylation is 1. The van der Waals surface area contributed by atoms with Crippen LogP contribution >= 0.6 is 0 Å². The van der Waals surface area contributed by atoms with Gasteiger partial charge in [-0.15, -0.1) is 0 Å². The first-order valence-electron chi connectivity index (χ1n) is 13.7. The Balaban J connectivity index is 1.49. The number of anilines is 2. The summed E-state index contributed by atoms with van der Waals surface area (Å²) in [5.74, 6) is 0.526. The van der Waals surface area contributed by atoms with Crippen molar-refractivity contribution >= 4 is 33.9 Å². The number of rotatable bonds is 12. The molecule has 0 saturated carbocycles. The van der Waals surface area contributed by atoms with E-state index in [0.717, 1.165) is 46.4 Å². The first kappa shape index (κ1) is 29.3. The number of amides is 1. The van der Waals surface area contributed by atoms with Gasteiger partial charge in [-0.25, -0.2) is 0 Å². The minimum Gasteiger partial charge on any atom is -0.497 e. The van der Waals surface area contributed by atoms with Crippen molar-refractivity contribution in [3.05, 3.63) is 99.7 Å². The molecule has 9 nitrogen and oxygen atoms in total. The molecule has 0 aliphatic heterocycles. The molecule has 9 heteroatoms. The molecule has 1 amide bonds. The number of ether oxygens (including phenoxy) is 1. The van der Waals surface area contributed by atoms with Crippen LogP contribution in [0.1, 0.15) is 41.3 Å². The number of aromatic nitrogens is 1. The highest BCUT2D eigenvalue weighted by atomic mass is 16.6. The molecule has 0 radical (unpaired) electrons. The fourth-order valence-corrected chi connectivity index (χ4v) is 4.81. The van der Waals surface area contributed by atoms with Crippen molar-refractivity contribution in [1.82, 2.24) is 9.88 Å². The highest BCUT2D eigenvalue weighted by molar-refractivity contribution is 5.95. The molecule has 1 N–H and O–H groups in total. The lowest BCUT2D eigenvalue weighted by molar-refractivity contribution is -0.385. The molecule has 214 valence electrons. The van der Waals surface area contributed by atoms with E-state index in [9.17, 15) is 14.9 Å². The molecule has 1 atom stereocenters. The molecule has 0 aliphatic rings. The highest BCUT2D eigenvalue weighted by Gasteiger charge is 2.21. The van der Waals surface area contributed by atoms with Gasteiger partial charge in [-0.2, -0.15) is 0 Å². The minimum absolute atomic E-state index is 0.0527. The SMILES string of the molecule is COc1cc(NC(C)CCCN(Cc2ccc(N(C)C)cc2)C(=O)c2ccc(C)c([N+](=O)[O-])c2)c2ncccc2c1. The third-order valence-corrected chi connectivity index (χ3v) is 7.15. The molecule has 0 bridgehead atoms. The largest absolute Gasteiger partial charge is 0.497 e. The molecule has 0 fully saturated rings. The maximum atomic E-state index is 13.7. The van der Waals surface area contributed by atoms with Crippen molar-refractivity contribution in [2.75, 3.05) is 38.0 Å². The van der Waals surface area contributed by atoms with Gasteiger partial charge in [0.1, 0.15) is 5.75 Å². The summed E-state index contributed by atoms with van der Waals surface area (Å²) in [5.41, 5.74) is 4.62. The van der Waals surface area contributed by atoms with Gasteiger partial charge in [-0.1, -0.05) is 24.3 Å². The number of nitrogens with one attached hydrogen (secondary N) is 1. The van der Waals surface area contributed by atoms with E-state index in [0.29, 0.717) is 24.2 Å². The van der Waals surface area contributed by atoms with Gasteiger partial charge in [-0.3, -0.25) is 19.9 Å². The molecule has 0 spiro atoms. The van der Waals surface area contributed by atoms with Gasteiger partial charge in [0, 0.05) is 73.8 Å². The third kappa shape index (κ3) is 7.30. The summed E-state index contributed by atoms with van der Waals surface area (Å²) in [6.07, 6.45) is 3.30. The number of hydrogen-bond acceptors (Lipinski definition) is 7. The number of pyridine rings is 1. The lowest BCUT2D eigenvalue weighted by Gasteiger charge is -2.25. The van der Waals surface area contributed by atoms with Crippen LogP contribution in [0.2, 0.25) is 0 Å². The molecule has 1 heterocycles. The molecule has 0 saturated heterocycles. The summed E-state index contributed by atoms with van der Waals surface area (Å²) in [4.78, 5) is 33.1. The standard InChI is InChI=1S/C32H37N5O4/c1-22-10-13-26(19-30(22)37(39)40)32(38)36(21-24-11-14-27(15-12-24)35(3)4)17-7-8-23(2)34-29-20-28(41-5)18-25-9-6-16-33-31(25)29/h6,9-16,18-20,23,34H,7-8,17,21H2,1-5H3.